The van der Waals surface area contributed by atoms with Crippen LogP contribution in [0.15, 0.2) is 30.3 Å². The normalized spacial score (nSPS) is 25.2. The molecule has 1 heterocycles. The zero-order valence-electron chi connectivity index (χ0n) is 15.2. The van der Waals surface area contributed by atoms with E-state index in [9.17, 15) is 0 Å². The van der Waals surface area contributed by atoms with Gasteiger partial charge in [-0.05, 0) is 58.0 Å². The molecule has 1 fully saturated rings. The molecule has 1 N–H and O–H groups in total. The Labute approximate surface area is 144 Å². The molecule has 0 radical (unpaired) electrons. The van der Waals surface area contributed by atoms with Gasteiger partial charge in [0.25, 0.3) is 0 Å². The lowest BCUT2D eigenvalue weighted by Gasteiger charge is -2.47. The van der Waals surface area contributed by atoms with Crippen LogP contribution in [0, 0.1) is 0 Å². The lowest BCUT2D eigenvalue weighted by atomic mass is 10.3. The highest BCUT2D eigenvalue weighted by Crippen LogP contribution is 2.30. The summed E-state index contributed by atoms with van der Waals surface area (Å²) in [6, 6.07) is 10.1. The number of rotatable bonds is 3. The minimum absolute atomic E-state index is 0.679. The van der Waals surface area contributed by atoms with E-state index in [2.05, 4.69) is 63.3 Å². The summed E-state index contributed by atoms with van der Waals surface area (Å²) in [7, 11) is -9.25. The molecule has 0 amide bonds. The van der Waals surface area contributed by atoms with Crippen LogP contribution in [0.2, 0.25) is 45.8 Å². The second-order valence-corrected chi connectivity index (χ2v) is 21.7. The van der Waals surface area contributed by atoms with Gasteiger partial charge >= 0.3 is 34.2 Å². The Morgan fingerprint density at radius 1 is 0.696 bits per heavy atom. The van der Waals surface area contributed by atoms with Crippen LogP contribution in [0.3, 0.4) is 0 Å². The maximum atomic E-state index is 6.52. The molecule has 0 aliphatic carbocycles. The fraction of sp³-hybridized carbons (Fsp3) is 0.571. The van der Waals surface area contributed by atoms with Gasteiger partial charge in [0, 0.05) is 5.69 Å². The highest BCUT2D eigenvalue weighted by molar-refractivity contribution is 6.93. The van der Waals surface area contributed by atoms with Gasteiger partial charge in [0.1, 0.15) is 0 Å². The quantitative estimate of drug-likeness (QED) is 0.797. The van der Waals surface area contributed by atoms with Crippen LogP contribution >= 0.6 is 0 Å². The van der Waals surface area contributed by atoms with E-state index in [0.29, 0.717) is 6.17 Å². The Morgan fingerprint density at radius 2 is 1.13 bits per heavy atom. The van der Waals surface area contributed by atoms with Crippen molar-refractivity contribution in [1.82, 2.24) is 0 Å². The summed E-state index contributed by atoms with van der Waals surface area (Å²) >= 11 is 0. The van der Waals surface area contributed by atoms with Crippen LogP contribution in [0.1, 0.15) is 0 Å². The van der Waals surface area contributed by atoms with Gasteiger partial charge in [-0.3, -0.25) is 0 Å². The van der Waals surface area contributed by atoms with Crippen molar-refractivity contribution in [3.05, 3.63) is 30.3 Å². The van der Waals surface area contributed by atoms with Crippen molar-refractivity contribution in [3.8, 4) is 0 Å². The third-order valence-corrected chi connectivity index (χ3v) is 19.4. The molecule has 130 valence electrons. The first kappa shape index (κ1) is 19.1. The van der Waals surface area contributed by atoms with Crippen molar-refractivity contribution < 1.29 is 16.5 Å². The molecule has 1 saturated heterocycles. The summed E-state index contributed by atoms with van der Waals surface area (Å²) in [5.74, 6) is 0. The molecule has 9 heteroatoms. The maximum Gasteiger partial charge on any atom is 0.337 e. The van der Waals surface area contributed by atoms with Gasteiger partial charge in [-0.25, -0.2) is 0 Å². The smallest absolute Gasteiger partial charge is 0.337 e. The molecule has 0 unspecified atom stereocenters. The first-order valence-electron chi connectivity index (χ1n) is 8.00. The van der Waals surface area contributed by atoms with Crippen molar-refractivity contribution in [3.63, 3.8) is 0 Å². The molecule has 5 nitrogen and oxygen atoms in total. The Morgan fingerprint density at radius 3 is 1.61 bits per heavy atom. The molecule has 1 aliphatic heterocycles. The van der Waals surface area contributed by atoms with Crippen molar-refractivity contribution >= 4 is 39.9 Å². The van der Waals surface area contributed by atoms with Crippen LogP contribution in [-0.4, -0.2) is 40.4 Å². The average Bonchev–Trinajstić information content (AvgIpc) is 2.31. The minimum Gasteiger partial charge on any atom is -0.416 e. The number of benzene rings is 1. The predicted molar refractivity (Wildman–Crippen MR) is 103 cm³/mol. The zero-order valence-corrected chi connectivity index (χ0v) is 19.2. The van der Waals surface area contributed by atoms with E-state index in [1.165, 1.54) is 0 Å². The van der Waals surface area contributed by atoms with E-state index >= 15 is 0 Å². The molecule has 1 aromatic rings. The van der Waals surface area contributed by atoms with E-state index in [1.807, 2.05) is 18.2 Å². The monoisotopic (exact) mass is 387 g/mol. The van der Waals surface area contributed by atoms with Crippen molar-refractivity contribution in [2.45, 2.75) is 45.8 Å². The number of para-hydroxylation sites is 1. The molecule has 1 aromatic carbocycles. The lowest BCUT2D eigenvalue weighted by molar-refractivity contribution is 0.236. The molecular weight excluding hydrogens is 359 g/mol. The van der Waals surface area contributed by atoms with E-state index in [4.69, 9.17) is 16.5 Å². The second-order valence-electron chi connectivity index (χ2n) is 7.46. The van der Waals surface area contributed by atoms with Gasteiger partial charge in [0.2, 0.25) is 0 Å². The van der Waals surface area contributed by atoms with E-state index in [-0.39, 0.29) is 0 Å². The maximum absolute atomic E-state index is 6.52. The Balaban J connectivity index is 2.17. The first-order chi connectivity index (χ1) is 10.4. The predicted octanol–water partition coefficient (Wildman–Crippen LogP) is 3.90. The van der Waals surface area contributed by atoms with Gasteiger partial charge in [-0.15, -0.1) is 0 Å². The fourth-order valence-corrected chi connectivity index (χ4v) is 24.3. The molecule has 0 bridgehead atoms. The number of nitrogens with one attached hydrogen (secondary N) is 1. The standard InChI is InChI=1S/C14H29NO4Si4/c1-20(2)16-21(3,4)18-23(7,19-22(5,6)17-20)13-15-14-11-9-8-10-12-14/h8-12,15H,13H2,1-7H3. The number of anilines is 1. The van der Waals surface area contributed by atoms with Crippen molar-refractivity contribution in [2.24, 2.45) is 0 Å². The SMILES string of the molecule is C[Si]1(C)O[Si](C)(C)O[Si](C)(CNc2ccccc2)O[Si](C)(C)O1. The van der Waals surface area contributed by atoms with Crippen LogP contribution in [0.4, 0.5) is 5.69 Å². The minimum atomic E-state index is -2.45. The summed E-state index contributed by atoms with van der Waals surface area (Å²) in [6.45, 7) is 14.6. The molecule has 0 atom stereocenters. The average molecular weight is 388 g/mol. The van der Waals surface area contributed by atoms with E-state index in [0.717, 1.165) is 5.69 Å². The summed E-state index contributed by atoms with van der Waals surface area (Å²) in [4.78, 5) is 0. The van der Waals surface area contributed by atoms with E-state index in [1.54, 1.807) is 0 Å². The number of hydrogen-bond acceptors (Lipinski definition) is 5. The van der Waals surface area contributed by atoms with E-state index < -0.39 is 34.2 Å². The first-order valence-corrected chi connectivity index (χ1v) is 19.0. The van der Waals surface area contributed by atoms with Gasteiger partial charge in [0.15, 0.2) is 0 Å². The zero-order chi connectivity index (χ0) is 17.4. The molecular formula is C14H29NO4Si4. The van der Waals surface area contributed by atoms with Gasteiger partial charge in [-0.1, -0.05) is 18.2 Å². The van der Waals surface area contributed by atoms with Crippen molar-refractivity contribution in [2.75, 3.05) is 11.5 Å². The van der Waals surface area contributed by atoms with Gasteiger partial charge < -0.3 is 21.8 Å². The fourth-order valence-electron chi connectivity index (χ4n) is 3.20. The van der Waals surface area contributed by atoms with Crippen molar-refractivity contribution in [1.29, 1.82) is 0 Å². The van der Waals surface area contributed by atoms with Crippen LogP contribution in [-0.2, 0) is 16.5 Å². The topological polar surface area (TPSA) is 49.0 Å². The van der Waals surface area contributed by atoms with Crippen LogP contribution in [0.25, 0.3) is 0 Å². The Hall–Kier alpha value is -0.272. The highest BCUT2D eigenvalue weighted by atomic mass is 28.5. The third-order valence-electron chi connectivity index (χ3n) is 3.29. The molecule has 1 aliphatic rings. The summed E-state index contributed by atoms with van der Waals surface area (Å²) in [5, 5.41) is 3.46. The summed E-state index contributed by atoms with van der Waals surface area (Å²) < 4.78 is 25.7. The molecule has 2 rings (SSSR count). The number of hydrogen-bond donors (Lipinski definition) is 1. The Bertz CT molecular complexity index is 517. The lowest BCUT2D eigenvalue weighted by Crippen LogP contribution is -2.66. The molecule has 0 spiro atoms. The summed E-state index contributed by atoms with van der Waals surface area (Å²) in [5.41, 5.74) is 1.07. The third kappa shape index (κ3) is 5.94. The summed E-state index contributed by atoms with van der Waals surface area (Å²) in [6.07, 6.45) is 0.679. The van der Waals surface area contributed by atoms with Crippen LogP contribution in [0.5, 0.6) is 0 Å². The van der Waals surface area contributed by atoms with Gasteiger partial charge in [0.05, 0.1) is 6.17 Å². The molecule has 0 aromatic heterocycles. The second kappa shape index (κ2) is 6.56. The highest BCUT2D eigenvalue weighted by Gasteiger charge is 2.52. The molecule has 23 heavy (non-hydrogen) atoms. The molecule has 0 saturated carbocycles. The van der Waals surface area contributed by atoms with Crippen LogP contribution < -0.4 is 5.32 Å². The largest absolute Gasteiger partial charge is 0.416 e. The van der Waals surface area contributed by atoms with Gasteiger partial charge in [-0.2, -0.15) is 0 Å². The Kier molecular flexibility index (Phi) is 5.43.